The highest BCUT2D eigenvalue weighted by Crippen LogP contribution is 2.19. The lowest BCUT2D eigenvalue weighted by molar-refractivity contribution is 0.0597. The molecule has 1 aromatic carbocycles. The largest absolute Gasteiger partial charge is 0.465 e. The lowest BCUT2D eigenvalue weighted by Crippen LogP contribution is -2.09. The van der Waals surface area contributed by atoms with Gasteiger partial charge in [0, 0.05) is 16.5 Å². The van der Waals surface area contributed by atoms with Crippen molar-refractivity contribution in [3.8, 4) is 0 Å². The van der Waals surface area contributed by atoms with Gasteiger partial charge in [0.05, 0.1) is 12.7 Å². The van der Waals surface area contributed by atoms with Gasteiger partial charge < -0.3 is 4.74 Å². The molecule has 0 spiro atoms. The maximum absolute atomic E-state index is 11.6. The second kappa shape index (κ2) is 5.07. The van der Waals surface area contributed by atoms with Crippen molar-refractivity contribution < 1.29 is 14.3 Å². The van der Waals surface area contributed by atoms with E-state index >= 15 is 0 Å². The fourth-order valence-corrected chi connectivity index (χ4v) is 1.59. The molecule has 0 saturated heterocycles. The van der Waals surface area contributed by atoms with Crippen LogP contribution in [0.2, 0.25) is 0 Å². The fraction of sp³-hybridized carbons (Fsp3) is 0.273. The Morgan fingerprint density at radius 3 is 2.53 bits per heavy atom. The van der Waals surface area contributed by atoms with E-state index in [4.69, 9.17) is 0 Å². The molecule has 1 aromatic rings. The third-order valence-electron chi connectivity index (χ3n) is 2.01. The fourth-order valence-electron chi connectivity index (χ4n) is 1.23. The van der Waals surface area contributed by atoms with Crippen molar-refractivity contribution in [1.29, 1.82) is 0 Å². The normalized spacial score (nSPS) is 9.80. The van der Waals surface area contributed by atoms with Gasteiger partial charge in [-0.1, -0.05) is 22.9 Å². The molecule has 0 aliphatic rings. The second-order valence-corrected chi connectivity index (χ2v) is 3.87. The van der Waals surface area contributed by atoms with E-state index < -0.39 is 5.97 Å². The van der Waals surface area contributed by atoms with E-state index in [1.807, 2.05) is 0 Å². The van der Waals surface area contributed by atoms with Crippen LogP contribution in [0.4, 0.5) is 0 Å². The van der Waals surface area contributed by atoms with Crippen LogP contribution in [0.5, 0.6) is 0 Å². The van der Waals surface area contributed by atoms with Crippen molar-refractivity contribution in [2.45, 2.75) is 13.3 Å². The van der Waals surface area contributed by atoms with Crippen molar-refractivity contribution in [2.24, 2.45) is 0 Å². The first-order valence-corrected chi connectivity index (χ1v) is 5.30. The maximum Gasteiger partial charge on any atom is 0.338 e. The number of carbonyl (C=O) groups is 2. The van der Waals surface area contributed by atoms with Gasteiger partial charge in [-0.2, -0.15) is 0 Å². The summed E-state index contributed by atoms with van der Waals surface area (Å²) in [4.78, 5) is 23.0. The molecule has 0 unspecified atom stereocenters. The minimum Gasteiger partial charge on any atom is -0.465 e. The number of ether oxygens (including phenoxy) is 1. The van der Waals surface area contributed by atoms with Crippen LogP contribution in [-0.4, -0.2) is 18.9 Å². The van der Waals surface area contributed by atoms with Crippen LogP contribution in [0.15, 0.2) is 22.7 Å². The minimum atomic E-state index is -0.487. The predicted molar refractivity (Wildman–Crippen MR) is 60.1 cm³/mol. The molecule has 3 nitrogen and oxygen atoms in total. The third-order valence-corrected chi connectivity index (χ3v) is 2.50. The molecule has 0 N–H and O–H groups in total. The molecule has 0 saturated carbocycles. The van der Waals surface area contributed by atoms with Crippen LogP contribution in [0.1, 0.15) is 34.1 Å². The highest BCUT2D eigenvalue weighted by molar-refractivity contribution is 9.10. The first-order chi connectivity index (χ1) is 7.10. The Kier molecular flexibility index (Phi) is 4.03. The zero-order chi connectivity index (χ0) is 11.4. The molecule has 0 radical (unpaired) electrons. The highest BCUT2D eigenvalue weighted by atomic mass is 79.9. The molecule has 4 heteroatoms. The number of hydrogen-bond acceptors (Lipinski definition) is 3. The molecule has 0 atom stereocenters. The van der Waals surface area contributed by atoms with Crippen LogP contribution in [0.3, 0.4) is 0 Å². The van der Waals surface area contributed by atoms with Crippen molar-refractivity contribution >= 4 is 27.7 Å². The Hall–Kier alpha value is -1.16. The Balaban J connectivity index is 3.26. The smallest absolute Gasteiger partial charge is 0.338 e. The Bertz CT molecular complexity index is 399. The van der Waals surface area contributed by atoms with Gasteiger partial charge in [-0.15, -0.1) is 0 Å². The van der Waals surface area contributed by atoms with Crippen molar-refractivity contribution in [2.75, 3.05) is 7.11 Å². The van der Waals surface area contributed by atoms with Gasteiger partial charge in [-0.05, 0) is 18.2 Å². The van der Waals surface area contributed by atoms with Crippen LogP contribution in [0, 0.1) is 0 Å². The van der Waals surface area contributed by atoms with E-state index in [0.717, 1.165) is 4.47 Å². The molecular weight excluding hydrogens is 260 g/mol. The van der Waals surface area contributed by atoms with Gasteiger partial charge in [0.15, 0.2) is 5.78 Å². The zero-order valence-corrected chi connectivity index (χ0v) is 10.1. The number of benzene rings is 1. The Morgan fingerprint density at radius 2 is 2.00 bits per heavy atom. The molecule has 0 heterocycles. The SMILES string of the molecule is CCC(=O)c1cc(Br)ccc1C(=O)OC. The van der Waals surface area contributed by atoms with E-state index in [9.17, 15) is 9.59 Å². The number of esters is 1. The van der Waals surface area contributed by atoms with E-state index in [0.29, 0.717) is 17.5 Å². The zero-order valence-electron chi connectivity index (χ0n) is 8.54. The number of rotatable bonds is 3. The highest BCUT2D eigenvalue weighted by Gasteiger charge is 2.16. The molecule has 0 aliphatic heterocycles. The molecule has 0 aromatic heterocycles. The lowest BCUT2D eigenvalue weighted by Gasteiger charge is -2.06. The molecule has 0 aliphatic carbocycles. The Labute approximate surface area is 96.6 Å². The summed E-state index contributed by atoms with van der Waals surface area (Å²) in [5.41, 5.74) is 0.714. The first kappa shape index (κ1) is 11.9. The van der Waals surface area contributed by atoms with Crippen molar-refractivity contribution in [1.82, 2.24) is 0 Å². The monoisotopic (exact) mass is 270 g/mol. The average Bonchev–Trinajstić information content (AvgIpc) is 2.26. The van der Waals surface area contributed by atoms with E-state index in [2.05, 4.69) is 20.7 Å². The van der Waals surface area contributed by atoms with E-state index in [1.54, 1.807) is 25.1 Å². The molecule has 0 fully saturated rings. The minimum absolute atomic E-state index is 0.0725. The number of Topliss-reactive ketones (excluding diaryl/α,β-unsaturated/α-hetero) is 1. The topological polar surface area (TPSA) is 43.4 Å². The molecule has 80 valence electrons. The summed E-state index contributed by atoms with van der Waals surface area (Å²) in [6.07, 6.45) is 0.362. The van der Waals surface area contributed by atoms with Crippen LogP contribution in [0.25, 0.3) is 0 Å². The van der Waals surface area contributed by atoms with E-state index in [1.165, 1.54) is 7.11 Å². The van der Waals surface area contributed by atoms with Gasteiger partial charge in [-0.25, -0.2) is 4.79 Å². The summed E-state index contributed by atoms with van der Waals surface area (Å²) in [6.45, 7) is 1.75. The summed E-state index contributed by atoms with van der Waals surface area (Å²) >= 11 is 3.26. The number of carbonyl (C=O) groups excluding carboxylic acids is 2. The number of ketones is 1. The van der Waals surface area contributed by atoms with Crippen LogP contribution < -0.4 is 0 Å². The van der Waals surface area contributed by atoms with Gasteiger partial charge in [0.25, 0.3) is 0 Å². The molecule has 15 heavy (non-hydrogen) atoms. The number of halogens is 1. The summed E-state index contributed by atoms with van der Waals surface area (Å²) < 4.78 is 5.38. The van der Waals surface area contributed by atoms with Crippen LogP contribution in [-0.2, 0) is 4.74 Å². The van der Waals surface area contributed by atoms with Gasteiger partial charge in [0.2, 0.25) is 0 Å². The first-order valence-electron chi connectivity index (χ1n) is 4.51. The molecular formula is C11H11BrO3. The summed E-state index contributed by atoms with van der Waals surface area (Å²) in [7, 11) is 1.30. The molecule has 0 amide bonds. The van der Waals surface area contributed by atoms with Gasteiger partial charge >= 0.3 is 5.97 Å². The lowest BCUT2D eigenvalue weighted by atomic mass is 10.0. The van der Waals surface area contributed by atoms with Crippen molar-refractivity contribution in [3.63, 3.8) is 0 Å². The van der Waals surface area contributed by atoms with Crippen LogP contribution >= 0.6 is 15.9 Å². The average molecular weight is 271 g/mol. The standard InChI is InChI=1S/C11H11BrO3/c1-3-10(13)9-6-7(12)4-5-8(9)11(14)15-2/h4-6H,3H2,1-2H3. The molecule has 0 bridgehead atoms. The summed E-state index contributed by atoms with van der Waals surface area (Å²) in [5, 5.41) is 0. The van der Waals surface area contributed by atoms with Gasteiger partial charge in [0.1, 0.15) is 0 Å². The summed E-state index contributed by atoms with van der Waals surface area (Å²) in [6, 6.07) is 4.93. The summed E-state index contributed by atoms with van der Waals surface area (Å²) in [5.74, 6) is -0.559. The molecule has 1 rings (SSSR count). The van der Waals surface area contributed by atoms with Gasteiger partial charge in [-0.3, -0.25) is 4.79 Å². The Morgan fingerprint density at radius 1 is 1.33 bits per heavy atom. The number of methoxy groups -OCH3 is 1. The predicted octanol–water partition coefficient (Wildman–Crippen LogP) is 2.83. The van der Waals surface area contributed by atoms with E-state index in [-0.39, 0.29) is 5.78 Å². The van der Waals surface area contributed by atoms with Crippen molar-refractivity contribution in [3.05, 3.63) is 33.8 Å². The maximum atomic E-state index is 11.6. The number of hydrogen-bond donors (Lipinski definition) is 0. The quantitative estimate of drug-likeness (QED) is 0.627. The third kappa shape index (κ3) is 2.65. The second-order valence-electron chi connectivity index (χ2n) is 2.96.